The fourth-order valence-corrected chi connectivity index (χ4v) is 3.01. The van der Waals surface area contributed by atoms with E-state index in [2.05, 4.69) is 4.98 Å². The topological polar surface area (TPSA) is 30.0 Å². The van der Waals surface area contributed by atoms with E-state index in [-0.39, 0.29) is 11.2 Å². The minimum absolute atomic E-state index is 0.138. The summed E-state index contributed by atoms with van der Waals surface area (Å²) in [5.41, 5.74) is 0.283. The standard InChI is InChI=1S/C13H15NOS2/c1-4-13(2,3)11(15)9-8-17-12(14-9)10-6-5-7-16-10/h5-8H,4H2,1-3H3. The largest absolute Gasteiger partial charge is 0.292 e. The molecule has 2 heterocycles. The van der Waals surface area contributed by atoms with Crippen molar-refractivity contribution < 1.29 is 4.79 Å². The zero-order chi connectivity index (χ0) is 12.5. The van der Waals surface area contributed by atoms with Crippen molar-refractivity contribution >= 4 is 28.5 Å². The van der Waals surface area contributed by atoms with Gasteiger partial charge in [0, 0.05) is 10.8 Å². The van der Waals surface area contributed by atoms with E-state index in [0.717, 1.165) is 16.3 Å². The average Bonchev–Trinajstić information content (AvgIpc) is 2.98. The van der Waals surface area contributed by atoms with Gasteiger partial charge in [0.05, 0.1) is 4.88 Å². The van der Waals surface area contributed by atoms with Gasteiger partial charge in [-0.25, -0.2) is 4.98 Å². The number of thiophene rings is 1. The van der Waals surface area contributed by atoms with Gasteiger partial charge in [0.15, 0.2) is 5.78 Å². The van der Waals surface area contributed by atoms with Crippen molar-refractivity contribution in [2.75, 3.05) is 0 Å². The Kier molecular flexibility index (Phi) is 3.45. The zero-order valence-electron chi connectivity index (χ0n) is 10.2. The average molecular weight is 265 g/mol. The summed E-state index contributed by atoms with van der Waals surface area (Å²) in [4.78, 5) is 17.8. The van der Waals surface area contributed by atoms with Crippen LogP contribution in [-0.2, 0) is 0 Å². The number of hydrogen-bond acceptors (Lipinski definition) is 4. The Morgan fingerprint density at radius 2 is 2.18 bits per heavy atom. The molecule has 0 unspecified atom stereocenters. The first-order valence-corrected chi connectivity index (χ1v) is 7.34. The maximum atomic E-state index is 12.2. The minimum Gasteiger partial charge on any atom is -0.292 e. The molecule has 2 aromatic heterocycles. The van der Waals surface area contributed by atoms with Gasteiger partial charge in [0.1, 0.15) is 10.7 Å². The molecular formula is C13H15NOS2. The molecule has 0 bridgehead atoms. The number of ketones is 1. The molecule has 17 heavy (non-hydrogen) atoms. The van der Waals surface area contributed by atoms with Gasteiger partial charge in [-0.15, -0.1) is 22.7 Å². The number of hydrogen-bond donors (Lipinski definition) is 0. The first kappa shape index (κ1) is 12.5. The van der Waals surface area contributed by atoms with E-state index in [1.165, 1.54) is 0 Å². The Morgan fingerprint density at radius 3 is 2.76 bits per heavy atom. The van der Waals surface area contributed by atoms with Crippen LogP contribution in [-0.4, -0.2) is 10.8 Å². The quantitative estimate of drug-likeness (QED) is 0.762. The predicted molar refractivity (Wildman–Crippen MR) is 73.8 cm³/mol. The number of Topliss-reactive ketones (excluding diaryl/α,β-unsaturated/α-hetero) is 1. The Labute approximate surface area is 109 Å². The van der Waals surface area contributed by atoms with Gasteiger partial charge in [-0.3, -0.25) is 4.79 Å². The van der Waals surface area contributed by atoms with Crippen molar-refractivity contribution in [3.8, 4) is 9.88 Å². The highest BCUT2D eigenvalue weighted by Gasteiger charge is 2.28. The van der Waals surface area contributed by atoms with Gasteiger partial charge in [-0.05, 0) is 17.9 Å². The first-order chi connectivity index (χ1) is 8.04. The number of nitrogens with zero attached hydrogens (tertiary/aromatic N) is 1. The Morgan fingerprint density at radius 1 is 1.41 bits per heavy atom. The van der Waals surface area contributed by atoms with Crippen LogP contribution in [0.2, 0.25) is 0 Å². The molecule has 0 aliphatic carbocycles. The second-order valence-electron chi connectivity index (χ2n) is 4.58. The normalized spacial score (nSPS) is 11.7. The van der Waals surface area contributed by atoms with Crippen LogP contribution in [0.5, 0.6) is 0 Å². The van der Waals surface area contributed by atoms with Gasteiger partial charge in [-0.1, -0.05) is 26.8 Å². The van der Waals surface area contributed by atoms with E-state index in [0.29, 0.717) is 5.69 Å². The van der Waals surface area contributed by atoms with Crippen molar-refractivity contribution in [2.24, 2.45) is 5.41 Å². The molecular weight excluding hydrogens is 250 g/mol. The van der Waals surface area contributed by atoms with Crippen LogP contribution in [0.3, 0.4) is 0 Å². The summed E-state index contributed by atoms with van der Waals surface area (Å²) in [7, 11) is 0. The summed E-state index contributed by atoms with van der Waals surface area (Å²) in [6.07, 6.45) is 0.831. The lowest BCUT2D eigenvalue weighted by Crippen LogP contribution is -2.23. The third-order valence-corrected chi connectivity index (χ3v) is 4.85. The molecule has 0 aromatic carbocycles. The smallest absolute Gasteiger partial charge is 0.187 e. The summed E-state index contributed by atoms with van der Waals surface area (Å²) in [5, 5.41) is 4.83. The van der Waals surface area contributed by atoms with Crippen molar-refractivity contribution in [1.82, 2.24) is 4.98 Å². The Balaban J connectivity index is 2.28. The van der Waals surface area contributed by atoms with Crippen molar-refractivity contribution in [1.29, 1.82) is 0 Å². The van der Waals surface area contributed by atoms with E-state index in [1.807, 2.05) is 43.7 Å². The van der Waals surface area contributed by atoms with Crippen molar-refractivity contribution in [3.05, 3.63) is 28.6 Å². The molecule has 4 heteroatoms. The van der Waals surface area contributed by atoms with Crippen LogP contribution in [0, 0.1) is 5.41 Å². The van der Waals surface area contributed by atoms with E-state index >= 15 is 0 Å². The van der Waals surface area contributed by atoms with Gasteiger partial charge in [-0.2, -0.15) is 0 Å². The van der Waals surface area contributed by atoms with E-state index in [9.17, 15) is 4.79 Å². The summed E-state index contributed by atoms with van der Waals surface area (Å²) in [6, 6.07) is 4.03. The Hall–Kier alpha value is -1.00. The number of rotatable bonds is 4. The molecule has 90 valence electrons. The SMILES string of the molecule is CCC(C)(C)C(=O)c1csc(-c2cccs2)n1. The van der Waals surface area contributed by atoms with Crippen LogP contribution < -0.4 is 0 Å². The van der Waals surface area contributed by atoms with Gasteiger partial charge in [0.2, 0.25) is 0 Å². The molecule has 0 radical (unpaired) electrons. The summed E-state index contributed by atoms with van der Waals surface area (Å²) in [6.45, 7) is 5.98. The molecule has 0 N–H and O–H groups in total. The zero-order valence-corrected chi connectivity index (χ0v) is 11.8. The maximum absolute atomic E-state index is 12.2. The van der Waals surface area contributed by atoms with Crippen LogP contribution in [0.1, 0.15) is 37.7 Å². The molecule has 2 aromatic rings. The fraction of sp³-hybridized carbons (Fsp3) is 0.385. The third kappa shape index (κ3) is 2.48. The highest BCUT2D eigenvalue weighted by Crippen LogP contribution is 2.31. The third-order valence-electron chi connectivity index (χ3n) is 2.97. The summed E-state index contributed by atoms with van der Waals surface area (Å²) >= 11 is 3.19. The lowest BCUT2D eigenvalue weighted by atomic mass is 9.84. The first-order valence-electron chi connectivity index (χ1n) is 5.59. The van der Waals surface area contributed by atoms with Crippen LogP contribution in [0.25, 0.3) is 9.88 Å². The molecule has 2 nitrogen and oxygen atoms in total. The van der Waals surface area contributed by atoms with Gasteiger partial charge in [0.25, 0.3) is 0 Å². The second kappa shape index (κ2) is 4.70. The lowest BCUT2D eigenvalue weighted by molar-refractivity contribution is 0.0828. The molecule has 0 fully saturated rings. The van der Waals surface area contributed by atoms with Crippen LogP contribution >= 0.6 is 22.7 Å². The Bertz CT molecular complexity index is 511. The molecule has 0 aliphatic heterocycles. The number of aromatic nitrogens is 1. The van der Waals surface area contributed by atoms with Crippen molar-refractivity contribution in [2.45, 2.75) is 27.2 Å². The molecule has 0 atom stereocenters. The molecule has 0 aliphatic rings. The highest BCUT2D eigenvalue weighted by molar-refractivity contribution is 7.20. The predicted octanol–water partition coefficient (Wildman–Crippen LogP) is 4.49. The minimum atomic E-state index is -0.319. The number of thiazole rings is 1. The van der Waals surface area contributed by atoms with E-state index in [4.69, 9.17) is 0 Å². The lowest BCUT2D eigenvalue weighted by Gasteiger charge is -2.18. The van der Waals surface area contributed by atoms with Gasteiger partial charge < -0.3 is 0 Å². The van der Waals surface area contributed by atoms with Gasteiger partial charge >= 0.3 is 0 Å². The molecule has 2 rings (SSSR count). The monoisotopic (exact) mass is 265 g/mol. The number of carbonyl (C=O) groups is 1. The second-order valence-corrected chi connectivity index (χ2v) is 6.39. The van der Waals surface area contributed by atoms with Crippen LogP contribution in [0.15, 0.2) is 22.9 Å². The van der Waals surface area contributed by atoms with E-state index in [1.54, 1.807) is 22.7 Å². The maximum Gasteiger partial charge on any atom is 0.187 e. The molecule has 0 amide bonds. The van der Waals surface area contributed by atoms with Crippen LogP contribution in [0.4, 0.5) is 0 Å². The van der Waals surface area contributed by atoms with Crippen molar-refractivity contribution in [3.63, 3.8) is 0 Å². The summed E-state index contributed by atoms with van der Waals surface area (Å²) in [5.74, 6) is 0.138. The molecule has 0 saturated heterocycles. The molecule has 0 spiro atoms. The highest BCUT2D eigenvalue weighted by atomic mass is 32.1. The fourth-order valence-electron chi connectivity index (χ4n) is 1.40. The molecule has 0 saturated carbocycles. The number of carbonyl (C=O) groups excluding carboxylic acids is 1. The van der Waals surface area contributed by atoms with E-state index < -0.39 is 0 Å². The summed E-state index contributed by atoms with van der Waals surface area (Å²) < 4.78 is 0.